The van der Waals surface area contributed by atoms with Gasteiger partial charge in [0.05, 0.1) is 0 Å². The van der Waals surface area contributed by atoms with Crippen molar-refractivity contribution < 1.29 is 14.4 Å². The van der Waals surface area contributed by atoms with E-state index < -0.39 is 5.91 Å². The lowest BCUT2D eigenvalue weighted by molar-refractivity contribution is -0.114. The van der Waals surface area contributed by atoms with E-state index in [0.717, 1.165) is 22.4 Å². The summed E-state index contributed by atoms with van der Waals surface area (Å²) in [5.41, 5.74) is 9.90. The second kappa shape index (κ2) is 7.49. The molecule has 1 aliphatic rings. The largest absolute Gasteiger partial charge is 0.366 e. The Bertz CT molecular complexity index is 923. The SMILES string of the molecule is CC(=O)Nc1cccc2c1CCN(C(=O)Nc1ccc(C)c(C(N)=O)c1)C2. The number of hydrogen-bond donors (Lipinski definition) is 3. The van der Waals surface area contributed by atoms with E-state index in [1.54, 1.807) is 30.0 Å². The average molecular weight is 366 g/mol. The second-order valence-corrected chi connectivity index (χ2v) is 6.62. The molecule has 140 valence electrons. The number of anilines is 2. The van der Waals surface area contributed by atoms with Crippen LogP contribution in [0, 0.1) is 6.92 Å². The maximum Gasteiger partial charge on any atom is 0.322 e. The molecule has 3 rings (SSSR count). The molecule has 0 unspecified atom stereocenters. The Morgan fingerprint density at radius 1 is 1.11 bits per heavy atom. The zero-order chi connectivity index (χ0) is 19.6. The number of hydrogen-bond acceptors (Lipinski definition) is 3. The molecule has 27 heavy (non-hydrogen) atoms. The summed E-state index contributed by atoms with van der Waals surface area (Å²) in [6.45, 7) is 4.25. The second-order valence-electron chi connectivity index (χ2n) is 6.62. The van der Waals surface area contributed by atoms with E-state index in [0.29, 0.717) is 30.8 Å². The lowest BCUT2D eigenvalue weighted by Gasteiger charge is -2.30. The van der Waals surface area contributed by atoms with Gasteiger partial charge < -0.3 is 21.3 Å². The van der Waals surface area contributed by atoms with Gasteiger partial charge in [-0.25, -0.2) is 4.79 Å². The Balaban J connectivity index is 1.74. The highest BCUT2D eigenvalue weighted by atomic mass is 16.2. The van der Waals surface area contributed by atoms with Crippen molar-refractivity contribution >= 4 is 29.2 Å². The Labute approximate surface area is 157 Å². The topological polar surface area (TPSA) is 105 Å². The van der Waals surface area contributed by atoms with Gasteiger partial charge in [0.1, 0.15) is 0 Å². The van der Waals surface area contributed by atoms with Crippen molar-refractivity contribution in [3.8, 4) is 0 Å². The van der Waals surface area contributed by atoms with E-state index in [4.69, 9.17) is 5.73 Å². The van der Waals surface area contributed by atoms with Crippen LogP contribution in [0.4, 0.5) is 16.2 Å². The number of carbonyl (C=O) groups is 3. The summed E-state index contributed by atoms with van der Waals surface area (Å²) in [4.78, 5) is 37.2. The minimum absolute atomic E-state index is 0.117. The van der Waals surface area contributed by atoms with Crippen LogP contribution in [0.3, 0.4) is 0 Å². The minimum Gasteiger partial charge on any atom is -0.366 e. The highest BCUT2D eigenvalue weighted by Gasteiger charge is 2.23. The van der Waals surface area contributed by atoms with Crippen LogP contribution in [-0.2, 0) is 17.8 Å². The minimum atomic E-state index is -0.527. The van der Waals surface area contributed by atoms with E-state index >= 15 is 0 Å². The molecule has 0 radical (unpaired) electrons. The van der Waals surface area contributed by atoms with Crippen molar-refractivity contribution in [2.45, 2.75) is 26.8 Å². The predicted molar refractivity (Wildman–Crippen MR) is 104 cm³/mol. The molecule has 0 fully saturated rings. The Kier molecular flexibility index (Phi) is 5.12. The normalized spacial score (nSPS) is 12.9. The van der Waals surface area contributed by atoms with Crippen LogP contribution in [0.5, 0.6) is 0 Å². The number of benzene rings is 2. The third-order valence-electron chi connectivity index (χ3n) is 4.62. The number of urea groups is 1. The molecule has 0 aliphatic carbocycles. The molecule has 0 saturated heterocycles. The first-order valence-corrected chi connectivity index (χ1v) is 8.70. The summed E-state index contributed by atoms with van der Waals surface area (Å²) in [5, 5.41) is 5.66. The Morgan fingerprint density at radius 3 is 2.59 bits per heavy atom. The summed E-state index contributed by atoms with van der Waals surface area (Å²) in [6.07, 6.45) is 0.652. The summed E-state index contributed by atoms with van der Waals surface area (Å²) in [5.74, 6) is -0.644. The summed E-state index contributed by atoms with van der Waals surface area (Å²) in [7, 11) is 0. The molecular weight excluding hydrogens is 344 g/mol. The predicted octanol–water partition coefficient (Wildman–Crippen LogP) is 2.64. The van der Waals surface area contributed by atoms with Gasteiger partial charge in [0.2, 0.25) is 11.8 Å². The summed E-state index contributed by atoms with van der Waals surface area (Å²) >= 11 is 0. The molecule has 0 saturated carbocycles. The molecule has 2 aromatic rings. The molecule has 0 bridgehead atoms. The zero-order valence-electron chi connectivity index (χ0n) is 15.3. The molecule has 0 spiro atoms. The van der Waals surface area contributed by atoms with Crippen molar-refractivity contribution in [2.24, 2.45) is 5.73 Å². The van der Waals surface area contributed by atoms with Gasteiger partial charge in [0.15, 0.2) is 0 Å². The van der Waals surface area contributed by atoms with Crippen molar-refractivity contribution in [1.82, 2.24) is 4.90 Å². The van der Waals surface area contributed by atoms with Gasteiger partial charge in [-0.05, 0) is 48.2 Å². The molecule has 2 aromatic carbocycles. The highest BCUT2D eigenvalue weighted by molar-refractivity contribution is 5.97. The first kappa shape index (κ1) is 18.4. The Morgan fingerprint density at radius 2 is 1.89 bits per heavy atom. The summed E-state index contributed by atoms with van der Waals surface area (Å²) < 4.78 is 0. The van der Waals surface area contributed by atoms with Crippen LogP contribution in [-0.4, -0.2) is 29.3 Å². The lowest BCUT2D eigenvalue weighted by Crippen LogP contribution is -2.39. The van der Waals surface area contributed by atoms with Gasteiger partial charge in [-0.15, -0.1) is 0 Å². The molecule has 7 heteroatoms. The van der Waals surface area contributed by atoms with Gasteiger partial charge >= 0.3 is 6.03 Å². The number of aryl methyl sites for hydroxylation is 1. The fourth-order valence-corrected chi connectivity index (χ4v) is 3.26. The molecule has 4 N–H and O–H groups in total. The van der Waals surface area contributed by atoms with Crippen molar-refractivity contribution in [2.75, 3.05) is 17.2 Å². The number of nitrogens with zero attached hydrogens (tertiary/aromatic N) is 1. The van der Waals surface area contributed by atoms with Gasteiger partial charge in [0, 0.05) is 37.0 Å². The highest BCUT2D eigenvalue weighted by Crippen LogP contribution is 2.27. The van der Waals surface area contributed by atoms with Crippen molar-refractivity contribution in [1.29, 1.82) is 0 Å². The number of carbonyl (C=O) groups excluding carboxylic acids is 3. The number of nitrogens with two attached hydrogens (primary N) is 1. The van der Waals surface area contributed by atoms with Gasteiger partial charge in [-0.3, -0.25) is 9.59 Å². The maximum atomic E-state index is 12.6. The van der Waals surface area contributed by atoms with E-state index in [1.165, 1.54) is 6.92 Å². The Hall–Kier alpha value is -3.35. The van der Waals surface area contributed by atoms with Crippen LogP contribution in [0.25, 0.3) is 0 Å². The van der Waals surface area contributed by atoms with Crippen LogP contribution in [0.15, 0.2) is 36.4 Å². The van der Waals surface area contributed by atoms with Gasteiger partial charge in [-0.2, -0.15) is 0 Å². The molecule has 0 atom stereocenters. The summed E-state index contributed by atoms with van der Waals surface area (Å²) in [6, 6.07) is 10.5. The van der Waals surface area contributed by atoms with E-state index in [9.17, 15) is 14.4 Å². The number of amides is 4. The van der Waals surface area contributed by atoms with Crippen molar-refractivity contribution in [3.05, 3.63) is 58.7 Å². The third kappa shape index (κ3) is 4.08. The number of nitrogens with one attached hydrogen (secondary N) is 2. The smallest absolute Gasteiger partial charge is 0.322 e. The maximum absolute atomic E-state index is 12.6. The molecule has 1 heterocycles. The number of rotatable bonds is 3. The van der Waals surface area contributed by atoms with E-state index in [1.807, 2.05) is 18.2 Å². The number of primary amides is 1. The third-order valence-corrected chi connectivity index (χ3v) is 4.62. The monoisotopic (exact) mass is 366 g/mol. The molecule has 4 amide bonds. The first-order valence-electron chi connectivity index (χ1n) is 8.70. The van der Waals surface area contributed by atoms with Gasteiger partial charge in [0.25, 0.3) is 0 Å². The quantitative estimate of drug-likeness (QED) is 0.778. The van der Waals surface area contributed by atoms with Crippen LogP contribution in [0.1, 0.15) is 34.0 Å². The molecule has 1 aliphatic heterocycles. The number of fused-ring (bicyclic) bond motifs is 1. The standard InChI is InChI=1S/C20H22N4O3/c1-12-6-7-15(10-17(12)19(21)26)23-20(27)24-9-8-16-14(11-24)4-3-5-18(16)22-13(2)25/h3-7,10H,8-9,11H2,1-2H3,(H2,21,26)(H,22,25)(H,23,27). The van der Waals surface area contributed by atoms with Crippen LogP contribution < -0.4 is 16.4 Å². The zero-order valence-corrected chi connectivity index (χ0v) is 15.3. The molecular formula is C20H22N4O3. The van der Waals surface area contributed by atoms with Crippen LogP contribution >= 0.6 is 0 Å². The van der Waals surface area contributed by atoms with Gasteiger partial charge in [-0.1, -0.05) is 18.2 Å². The lowest BCUT2D eigenvalue weighted by atomic mass is 9.98. The fourth-order valence-electron chi connectivity index (χ4n) is 3.26. The van der Waals surface area contributed by atoms with Crippen LogP contribution in [0.2, 0.25) is 0 Å². The molecule has 0 aromatic heterocycles. The fraction of sp³-hybridized carbons (Fsp3) is 0.250. The van der Waals surface area contributed by atoms with E-state index in [-0.39, 0.29) is 11.9 Å². The molecule has 7 nitrogen and oxygen atoms in total. The van der Waals surface area contributed by atoms with Crippen molar-refractivity contribution in [3.63, 3.8) is 0 Å². The first-order chi connectivity index (χ1) is 12.8. The van der Waals surface area contributed by atoms with E-state index in [2.05, 4.69) is 10.6 Å². The average Bonchev–Trinajstić information content (AvgIpc) is 2.62.